The summed E-state index contributed by atoms with van der Waals surface area (Å²) in [5, 5.41) is 3.73. The van der Waals surface area contributed by atoms with Gasteiger partial charge < -0.3 is 14.6 Å². The van der Waals surface area contributed by atoms with Crippen LogP contribution in [0.3, 0.4) is 0 Å². The van der Waals surface area contributed by atoms with E-state index in [0.717, 1.165) is 52.8 Å². The van der Waals surface area contributed by atoms with Crippen LogP contribution in [0.5, 0.6) is 0 Å². The van der Waals surface area contributed by atoms with Gasteiger partial charge in [-0.05, 0) is 49.9 Å². The molecule has 7 heteroatoms. The van der Waals surface area contributed by atoms with Crippen molar-refractivity contribution in [2.75, 3.05) is 23.3 Å². The summed E-state index contributed by atoms with van der Waals surface area (Å²) in [4.78, 5) is 24.1. The van der Waals surface area contributed by atoms with Crippen molar-refractivity contribution in [2.24, 2.45) is 5.92 Å². The zero-order chi connectivity index (χ0) is 20.0. The quantitative estimate of drug-likeness (QED) is 0.523. The Morgan fingerprint density at radius 1 is 1.10 bits per heavy atom. The number of hydrogen-bond donors (Lipinski definition) is 1. The van der Waals surface area contributed by atoms with Crippen molar-refractivity contribution < 1.29 is 9.21 Å². The maximum absolute atomic E-state index is 12.8. The molecule has 0 saturated carbocycles. The highest BCUT2D eigenvalue weighted by atomic mass is 32.1. The summed E-state index contributed by atoms with van der Waals surface area (Å²) in [5.74, 6) is 0.0291. The van der Waals surface area contributed by atoms with E-state index in [9.17, 15) is 4.79 Å². The number of amides is 1. The normalized spacial score (nSPS) is 15.3. The summed E-state index contributed by atoms with van der Waals surface area (Å²) in [7, 11) is 0. The molecule has 5 rings (SSSR count). The molecule has 1 amide bonds. The van der Waals surface area contributed by atoms with Gasteiger partial charge in [-0.3, -0.25) is 4.79 Å². The standard InChI is InChI=1S/C22H22N4O2S/c1-13-7-8-14(2)19-18(13)24-21(29-19)25-20(27)15-9-11-26(12-10-15)22-23-16-5-3-4-6-17(16)28-22/h3-8,15H,9-12H2,1-2H3,(H,24,25,27). The number of piperidine rings is 1. The van der Waals surface area contributed by atoms with E-state index in [1.807, 2.05) is 24.3 Å². The number of aryl methyl sites for hydroxylation is 2. The molecule has 1 N–H and O–H groups in total. The molecule has 0 spiro atoms. The lowest BCUT2D eigenvalue weighted by atomic mass is 9.96. The fourth-order valence-corrected chi connectivity index (χ4v) is 4.86. The van der Waals surface area contributed by atoms with E-state index in [2.05, 4.69) is 46.2 Å². The van der Waals surface area contributed by atoms with Gasteiger partial charge in [-0.15, -0.1) is 0 Å². The zero-order valence-electron chi connectivity index (χ0n) is 16.4. The number of hydrogen-bond acceptors (Lipinski definition) is 6. The zero-order valence-corrected chi connectivity index (χ0v) is 17.3. The number of rotatable bonds is 3. The predicted octanol–water partition coefficient (Wildman–Crippen LogP) is 4.91. The molecule has 0 radical (unpaired) electrons. The van der Waals surface area contributed by atoms with E-state index in [0.29, 0.717) is 11.1 Å². The van der Waals surface area contributed by atoms with Gasteiger partial charge in [0.2, 0.25) is 5.91 Å². The van der Waals surface area contributed by atoms with Gasteiger partial charge in [-0.25, -0.2) is 4.98 Å². The van der Waals surface area contributed by atoms with E-state index in [4.69, 9.17) is 4.42 Å². The Labute approximate surface area is 172 Å². The monoisotopic (exact) mass is 406 g/mol. The Balaban J connectivity index is 1.25. The van der Waals surface area contributed by atoms with Crippen molar-refractivity contribution in [1.29, 1.82) is 0 Å². The minimum absolute atomic E-state index is 0.0233. The number of aromatic nitrogens is 2. The fraction of sp³-hybridized carbons (Fsp3) is 0.318. The van der Waals surface area contributed by atoms with Crippen LogP contribution in [0.4, 0.5) is 11.1 Å². The number of nitrogens with one attached hydrogen (secondary N) is 1. The molecule has 1 fully saturated rings. The molecule has 4 aromatic rings. The predicted molar refractivity (Wildman–Crippen MR) is 117 cm³/mol. The van der Waals surface area contributed by atoms with Gasteiger partial charge in [0.25, 0.3) is 6.01 Å². The molecule has 0 bridgehead atoms. The first kappa shape index (κ1) is 18.1. The van der Waals surface area contributed by atoms with Gasteiger partial charge in [0.05, 0.1) is 10.2 Å². The molecule has 0 unspecified atom stereocenters. The molecule has 0 aliphatic carbocycles. The highest BCUT2D eigenvalue weighted by molar-refractivity contribution is 7.22. The summed E-state index contributed by atoms with van der Waals surface area (Å²) in [5.41, 5.74) is 4.97. The third kappa shape index (κ3) is 3.35. The van der Waals surface area contributed by atoms with Gasteiger partial charge in [0.1, 0.15) is 5.52 Å². The first-order valence-corrected chi connectivity index (χ1v) is 10.7. The molecule has 1 aliphatic heterocycles. The second-order valence-electron chi connectivity index (χ2n) is 7.61. The summed E-state index contributed by atoms with van der Waals surface area (Å²) in [6.45, 7) is 5.63. The average molecular weight is 407 g/mol. The Kier molecular flexibility index (Phi) is 4.47. The van der Waals surface area contributed by atoms with Crippen molar-refractivity contribution in [1.82, 2.24) is 9.97 Å². The minimum Gasteiger partial charge on any atom is -0.423 e. The molecule has 1 saturated heterocycles. The number of anilines is 2. The Morgan fingerprint density at radius 2 is 1.86 bits per heavy atom. The molecule has 29 heavy (non-hydrogen) atoms. The number of carbonyl (C=O) groups excluding carboxylic acids is 1. The molecular formula is C22H22N4O2S. The van der Waals surface area contributed by atoms with Crippen LogP contribution in [0, 0.1) is 19.8 Å². The summed E-state index contributed by atoms with van der Waals surface area (Å²) < 4.78 is 7.01. The van der Waals surface area contributed by atoms with Crippen LogP contribution >= 0.6 is 11.3 Å². The van der Waals surface area contributed by atoms with E-state index < -0.39 is 0 Å². The van der Waals surface area contributed by atoms with E-state index in [-0.39, 0.29) is 11.8 Å². The topological polar surface area (TPSA) is 71.3 Å². The molecule has 2 aromatic carbocycles. The molecule has 148 valence electrons. The van der Waals surface area contributed by atoms with Crippen molar-refractivity contribution in [3.63, 3.8) is 0 Å². The van der Waals surface area contributed by atoms with Crippen LogP contribution < -0.4 is 10.2 Å². The van der Waals surface area contributed by atoms with Gasteiger partial charge in [-0.1, -0.05) is 35.6 Å². The van der Waals surface area contributed by atoms with Crippen LogP contribution in [-0.4, -0.2) is 29.0 Å². The Bertz CT molecular complexity index is 1130. The van der Waals surface area contributed by atoms with E-state index >= 15 is 0 Å². The van der Waals surface area contributed by atoms with Gasteiger partial charge in [0, 0.05) is 19.0 Å². The Morgan fingerprint density at radius 3 is 2.62 bits per heavy atom. The maximum atomic E-state index is 12.8. The molecule has 0 atom stereocenters. The minimum atomic E-state index is -0.0233. The second kappa shape index (κ2) is 7.15. The van der Waals surface area contributed by atoms with Crippen LogP contribution in [0.25, 0.3) is 21.3 Å². The summed E-state index contributed by atoms with van der Waals surface area (Å²) in [6, 6.07) is 12.6. The fourth-order valence-electron chi connectivity index (χ4n) is 3.85. The third-order valence-electron chi connectivity index (χ3n) is 5.59. The highest BCUT2D eigenvalue weighted by Crippen LogP contribution is 2.32. The number of thiazole rings is 1. The molecule has 1 aliphatic rings. The second-order valence-corrected chi connectivity index (χ2v) is 8.61. The van der Waals surface area contributed by atoms with Crippen molar-refractivity contribution in [2.45, 2.75) is 26.7 Å². The number of oxazole rings is 1. The smallest absolute Gasteiger partial charge is 0.298 e. The van der Waals surface area contributed by atoms with E-state index in [1.165, 1.54) is 5.56 Å². The third-order valence-corrected chi connectivity index (χ3v) is 6.70. The lowest BCUT2D eigenvalue weighted by molar-refractivity contribution is -0.120. The average Bonchev–Trinajstić information content (AvgIpc) is 3.36. The largest absolute Gasteiger partial charge is 0.423 e. The Hall–Kier alpha value is -2.93. The van der Waals surface area contributed by atoms with Gasteiger partial charge >= 0.3 is 0 Å². The van der Waals surface area contributed by atoms with Gasteiger partial charge in [0.15, 0.2) is 10.7 Å². The SMILES string of the molecule is Cc1ccc(C)c2sc(NC(=O)C3CCN(c4nc5ccccc5o4)CC3)nc12. The van der Waals surface area contributed by atoms with Crippen molar-refractivity contribution in [3.05, 3.63) is 47.5 Å². The number of fused-ring (bicyclic) bond motifs is 2. The van der Waals surface area contributed by atoms with Crippen LogP contribution in [0.15, 0.2) is 40.8 Å². The molecular weight excluding hydrogens is 384 g/mol. The number of nitrogens with zero attached hydrogens (tertiary/aromatic N) is 3. The van der Waals surface area contributed by atoms with Gasteiger partial charge in [-0.2, -0.15) is 4.98 Å². The maximum Gasteiger partial charge on any atom is 0.298 e. The lowest BCUT2D eigenvalue weighted by Crippen LogP contribution is -2.38. The number of para-hydroxylation sites is 2. The lowest BCUT2D eigenvalue weighted by Gasteiger charge is -2.29. The molecule has 2 aromatic heterocycles. The van der Waals surface area contributed by atoms with Crippen LogP contribution in [-0.2, 0) is 4.79 Å². The van der Waals surface area contributed by atoms with Crippen LogP contribution in [0.1, 0.15) is 24.0 Å². The highest BCUT2D eigenvalue weighted by Gasteiger charge is 2.28. The number of carbonyl (C=O) groups is 1. The number of benzene rings is 2. The van der Waals surface area contributed by atoms with E-state index in [1.54, 1.807) is 11.3 Å². The molecule has 6 nitrogen and oxygen atoms in total. The van der Waals surface area contributed by atoms with Crippen molar-refractivity contribution >= 4 is 49.7 Å². The first-order valence-electron chi connectivity index (χ1n) is 9.86. The summed E-state index contributed by atoms with van der Waals surface area (Å²) in [6.07, 6.45) is 1.54. The first-order chi connectivity index (χ1) is 14.1. The summed E-state index contributed by atoms with van der Waals surface area (Å²) >= 11 is 1.55. The van der Waals surface area contributed by atoms with Crippen LogP contribution in [0.2, 0.25) is 0 Å². The molecule has 3 heterocycles. The van der Waals surface area contributed by atoms with Crippen molar-refractivity contribution in [3.8, 4) is 0 Å².